The smallest absolute Gasteiger partial charge is 0.128 e. The highest BCUT2D eigenvalue weighted by molar-refractivity contribution is 5.31. The molecule has 0 spiro atoms. The van der Waals surface area contributed by atoms with Crippen molar-refractivity contribution in [1.82, 2.24) is 20.7 Å². The summed E-state index contributed by atoms with van der Waals surface area (Å²) < 4.78 is 13.8. The Balaban J connectivity index is 2.42. The van der Waals surface area contributed by atoms with Crippen molar-refractivity contribution in [1.29, 1.82) is 0 Å². The van der Waals surface area contributed by atoms with E-state index in [0.29, 0.717) is 11.3 Å². The fourth-order valence-corrected chi connectivity index (χ4v) is 1.81. The molecule has 1 aromatic carbocycles. The maximum Gasteiger partial charge on any atom is 0.128 e. The monoisotopic (exact) mass is 234 g/mol. The van der Waals surface area contributed by atoms with E-state index in [4.69, 9.17) is 0 Å². The van der Waals surface area contributed by atoms with Crippen molar-refractivity contribution in [3.05, 3.63) is 47.0 Å². The van der Waals surface area contributed by atoms with Crippen LogP contribution in [-0.4, -0.2) is 22.0 Å². The lowest BCUT2D eigenvalue weighted by Gasteiger charge is -2.16. The first-order chi connectivity index (χ1) is 8.22. The van der Waals surface area contributed by atoms with Crippen molar-refractivity contribution in [3.63, 3.8) is 0 Å². The van der Waals surface area contributed by atoms with Crippen LogP contribution in [0.15, 0.2) is 24.4 Å². The predicted octanol–water partition coefficient (Wildman–Crippen LogP) is 1.95. The van der Waals surface area contributed by atoms with E-state index in [1.54, 1.807) is 12.3 Å². The molecule has 1 aromatic heterocycles. The van der Waals surface area contributed by atoms with E-state index in [0.717, 1.165) is 12.1 Å². The van der Waals surface area contributed by atoms with Gasteiger partial charge in [0.25, 0.3) is 0 Å². The van der Waals surface area contributed by atoms with E-state index in [1.165, 1.54) is 6.07 Å². The Bertz CT molecular complexity index is 481. The van der Waals surface area contributed by atoms with Crippen molar-refractivity contribution in [2.45, 2.75) is 19.9 Å². The van der Waals surface area contributed by atoms with Crippen molar-refractivity contribution in [3.8, 4) is 0 Å². The maximum atomic E-state index is 13.8. The molecule has 0 aliphatic rings. The van der Waals surface area contributed by atoms with E-state index < -0.39 is 0 Å². The van der Waals surface area contributed by atoms with Crippen molar-refractivity contribution >= 4 is 0 Å². The van der Waals surface area contributed by atoms with Gasteiger partial charge in [-0.05, 0) is 19.5 Å². The fraction of sp³-hybridized carbons (Fsp3) is 0.333. The van der Waals surface area contributed by atoms with Gasteiger partial charge < -0.3 is 5.32 Å². The highest BCUT2D eigenvalue weighted by Crippen LogP contribution is 2.23. The predicted molar refractivity (Wildman–Crippen MR) is 63.0 cm³/mol. The zero-order chi connectivity index (χ0) is 12.3. The first-order valence-corrected chi connectivity index (χ1v) is 5.57. The standard InChI is InChI=1S/C12H15FN4/c1-3-14-12(11-7-15-17-16-11)9-6-8(2)4-5-10(9)13/h4-7,12,14H,3H2,1-2H3,(H,15,16,17). The van der Waals surface area contributed by atoms with Crippen LogP contribution in [0, 0.1) is 12.7 Å². The molecule has 5 heteroatoms. The molecule has 0 bridgehead atoms. The van der Waals surface area contributed by atoms with Crippen LogP contribution < -0.4 is 5.32 Å². The highest BCUT2D eigenvalue weighted by Gasteiger charge is 2.19. The third kappa shape index (κ3) is 2.50. The second-order valence-corrected chi connectivity index (χ2v) is 3.91. The lowest BCUT2D eigenvalue weighted by Crippen LogP contribution is -2.23. The van der Waals surface area contributed by atoms with E-state index in [1.807, 2.05) is 19.9 Å². The minimum Gasteiger partial charge on any atom is -0.305 e. The van der Waals surface area contributed by atoms with Crippen LogP contribution in [0.25, 0.3) is 0 Å². The largest absolute Gasteiger partial charge is 0.305 e. The minimum absolute atomic E-state index is 0.232. The summed E-state index contributed by atoms with van der Waals surface area (Å²) in [4.78, 5) is 0. The van der Waals surface area contributed by atoms with Crippen LogP contribution in [0.5, 0.6) is 0 Å². The Labute approximate surface area is 99.2 Å². The molecule has 0 aliphatic carbocycles. The molecule has 0 fully saturated rings. The van der Waals surface area contributed by atoms with E-state index in [-0.39, 0.29) is 11.9 Å². The second kappa shape index (κ2) is 5.05. The Morgan fingerprint density at radius 2 is 2.29 bits per heavy atom. The summed E-state index contributed by atoms with van der Waals surface area (Å²) in [6.45, 7) is 4.64. The summed E-state index contributed by atoms with van der Waals surface area (Å²) in [5, 5.41) is 13.5. The number of aromatic amines is 1. The average Bonchev–Trinajstić information content (AvgIpc) is 2.83. The van der Waals surface area contributed by atoms with Crippen molar-refractivity contribution in [2.75, 3.05) is 6.54 Å². The zero-order valence-corrected chi connectivity index (χ0v) is 9.87. The zero-order valence-electron chi connectivity index (χ0n) is 9.87. The summed E-state index contributed by atoms with van der Waals surface area (Å²) in [6.07, 6.45) is 1.61. The molecule has 0 saturated heterocycles. The molecule has 0 aliphatic heterocycles. The molecule has 17 heavy (non-hydrogen) atoms. The average molecular weight is 234 g/mol. The van der Waals surface area contributed by atoms with E-state index >= 15 is 0 Å². The molecule has 0 amide bonds. The first kappa shape index (κ1) is 11.7. The van der Waals surface area contributed by atoms with Gasteiger partial charge in [0.1, 0.15) is 11.5 Å². The topological polar surface area (TPSA) is 53.6 Å². The van der Waals surface area contributed by atoms with Gasteiger partial charge in [0.2, 0.25) is 0 Å². The van der Waals surface area contributed by atoms with Gasteiger partial charge in [-0.25, -0.2) is 4.39 Å². The number of hydrogen-bond donors (Lipinski definition) is 2. The van der Waals surface area contributed by atoms with Crippen molar-refractivity contribution < 1.29 is 4.39 Å². The summed E-state index contributed by atoms with van der Waals surface area (Å²) in [5.41, 5.74) is 2.31. The lowest BCUT2D eigenvalue weighted by atomic mass is 10.0. The van der Waals surface area contributed by atoms with Crippen molar-refractivity contribution in [2.24, 2.45) is 0 Å². The molecule has 1 heterocycles. The highest BCUT2D eigenvalue weighted by atomic mass is 19.1. The van der Waals surface area contributed by atoms with Gasteiger partial charge in [0.15, 0.2) is 0 Å². The lowest BCUT2D eigenvalue weighted by molar-refractivity contribution is 0.550. The number of rotatable bonds is 4. The van der Waals surface area contributed by atoms with Gasteiger partial charge >= 0.3 is 0 Å². The van der Waals surface area contributed by atoms with Crippen LogP contribution in [0.1, 0.15) is 29.8 Å². The van der Waals surface area contributed by atoms with E-state index in [9.17, 15) is 4.39 Å². The molecule has 1 unspecified atom stereocenters. The van der Waals surface area contributed by atoms with Gasteiger partial charge in [-0.1, -0.05) is 24.6 Å². The Morgan fingerprint density at radius 1 is 1.47 bits per heavy atom. The Hall–Kier alpha value is -1.75. The number of nitrogens with one attached hydrogen (secondary N) is 2. The van der Waals surface area contributed by atoms with Crippen LogP contribution in [-0.2, 0) is 0 Å². The Kier molecular flexibility index (Phi) is 3.49. The molecule has 90 valence electrons. The number of benzene rings is 1. The molecule has 2 N–H and O–H groups in total. The number of nitrogens with zero attached hydrogens (tertiary/aromatic N) is 2. The molecule has 2 rings (SSSR count). The number of aryl methyl sites for hydroxylation is 1. The van der Waals surface area contributed by atoms with Crippen LogP contribution in [0.3, 0.4) is 0 Å². The van der Waals surface area contributed by atoms with Crippen LogP contribution >= 0.6 is 0 Å². The minimum atomic E-state index is -0.265. The number of aromatic nitrogens is 3. The molecular weight excluding hydrogens is 219 g/mol. The number of halogens is 1. The molecular formula is C12H15FN4. The molecule has 0 radical (unpaired) electrons. The summed E-state index contributed by atoms with van der Waals surface area (Å²) in [6, 6.07) is 4.80. The fourth-order valence-electron chi connectivity index (χ4n) is 1.81. The van der Waals surface area contributed by atoms with E-state index in [2.05, 4.69) is 20.7 Å². The number of hydrogen-bond acceptors (Lipinski definition) is 3. The molecule has 1 atom stereocenters. The molecule has 0 saturated carbocycles. The first-order valence-electron chi connectivity index (χ1n) is 5.57. The molecule has 2 aromatic rings. The third-order valence-corrected chi connectivity index (χ3v) is 2.60. The normalized spacial score (nSPS) is 12.6. The van der Waals surface area contributed by atoms with Crippen LogP contribution in [0.2, 0.25) is 0 Å². The summed E-state index contributed by atoms with van der Waals surface area (Å²) in [7, 11) is 0. The van der Waals surface area contributed by atoms with Gasteiger partial charge in [-0.3, -0.25) is 0 Å². The maximum absolute atomic E-state index is 13.8. The Morgan fingerprint density at radius 3 is 2.94 bits per heavy atom. The van der Waals surface area contributed by atoms with Gasteiger partial charge in [0, 0.05) is 5.56 Å². The van der Waals surface area contributed by atoms with Gasteiger partial charge in [-0.15, -0.1) is 0 Å². The summed E-state index contributed by atoms with van der Waals surface area (Å²) in [5.74, 6) is -0.232. The van der Waals surface area contributed by atoms with Crippen LogP contribution in [0.4, 0.5) is 4.39 Å². The number of H-pyrrole nitrogens is 1. The quantitative estimate of drug-likeness (QED) is 0.850. The summed E-state index contributed by atoms with van der Waals surface area (Å²) >= 11 is 0. The third-order valence-electron chi connectivity index (χ3n) is 2.60. The van der Waals surface area contributed by atoms with Gasteiger partial charge in [0.05, 0.1) is 12.2 Å². The second-order valence-electron chi connectivity index (χ2n) is 3.91. The SMILES string of the molecule is CCNC(c1cn[nH]n1)c1cc(C)ccc1F. The van der Waals surface area contributed by atoms with Gasteiger partial charge in [-0.2, -0.15) is 15.4 Å². The molecule has 4 nitrogen and oxygen atoms in total.